The molecule has 0 aliphatic carbocycles. The van der Waals surface area contributed by atoms with Gasteiger partial charge in [0.2, 0.25) is 5.91 Å². The van der Waals surface area contributed by atoms with E-state index in [9.17, 15) is 4.79 Å². The monoisotopic (exact) mass is 297 g/mol. The van der Waals surface area contributed by atoms with E-state index >= 15 is 0 Å². The van der Waals surface area contributed by atoms with E-state index in [1.807, 2.05) is 32.9 Å². The third-order valence-corrected chi connectivity index (χ3v) is 4.12. The van der Waals surface area contributed by atoms with Gasteiger partial charge in [-0.2, -0.15) is 0 Å². The first kappa shape index (κ1) is 14.2. The van der Waals surface area contributed by atoms with Crippen LogP contribution in [-0.2, 0) is 4.79 Å². The maximum atomic E-state index is 11.9. The minimum absolute atomic E-state index is 0.0734. The van der Waals surface area contributed by atoms with Gasteiger partial charge in [-0.25, -0.2) is 0 Å². The number of rotatable bonds is 4. The van der Waals surface area contributed by atoms with Gasteiger partial charge in [0.15, 0.2) is 0 Å². The number of anilines is 1. The fourth-order valence-electron chi connectivity index (χ4n) is 1.85. The molecule has 0 aromatic heterocycles. The van der Waals surface area contributed by atoms with E-state index in [-0.39, 0.29) is 11.8 Å². The molecule has 0 fully saturated rings. The summed E-state index contributed by atoms with van der Waals surface area (Å²) < 4.78 is 1.11. The lowest BCUT2D eigenvalue weighted by molar-refractivity contribution is -0.119. The Labute approximate surface area is 112 Å². The lowest BCUT2D eigenvalue weighted by Crippen LogP contribution is -2.20. The summed E-state index contributed by atoms with van der Waals surface area (Å²) in [6, 6.07) is 3.99. The first-order valence-electron chi connectivity index (χ1n) is 6.03. The Bertz CT molecular complexity index is 392. The highest BCUT2D eigenvalue weighted by molar-refractivity contribution is 9.10. The number of hydrogen-bond acceptors (Lipinski definition) is 1. The van der Waals surface area contributed by atoms with Crippen LogP contribution in [0, 0.1) is 19.8 Å². The van der Waals surface area contributed by atoms with Gasteiger partial charge in [0, 0.05) is 16.1 Å². The van der Waals surface area contributed by atoms with Crippen molar-refractivity contribution in [2.45, 2.75) is 40.5 Å². The Morgan fingerprint density at radius 3 is 2.35 bits per heavy atom. The summed E-state index contributed by atoms with van der Waals surface area (Å²) in [7, 11) is 0. The molecule has 0 aliphatic rings. The molecule has 2 nitrogen and oxygen atoms in total. The zero-order chi connectivity index (χ0) is 13.0. The maximum Gasteiger partial charge on any atom is 0.227 e. The third-order valence-electron chi connectivity index (χ3n) is 2.87. The van der Waals surface area contributed by atoms with Crippen LogP contribution in [0.2, 0.25) is 0 Å². The summed E-state index contributed by atoms with van der Waals surface area (Å²) in [6.07, 6.45) is 1.97. The second-order valence-corrected chi connectivity index (χ2v) is 5.40. The van der Waals surface area contributed by atoms with E-state index in [1.54, 1.807) is 0 Å². The second kappa shape index (κ2) is 6.20. The molecule has 1 aromatic carbocycles. The van der Waals surface area contributed by atoms with E-state index < -0.39 is 0 Å². The van der Waals surface area contributed by atoms with Crippen LogP contribution in [0.25, 0.3) is 0 Å². The number of carbonyl (C=O) groups is 1. The Hall–Kier alpha value is -0.830. The van der Waals surface area contributed by atoms with E-state index in [4.69, 9.17) is 0 Å². The zero-order valence-corrected chi connectivity index (χ0v) is 12.5. The normalized spacial score (nSPS) is 12.3. The Kier molecular flexibility index (Phi) is 5.19. The number of carbonyl (C=O) groups excluding carboxylic acids is 1. The summed E-state index contributed by atoms with van der Waals surface area (Å²) in [4.78, 5) is 11.9. The molecule has 1 amide bonds. The number of halogens is 1. The second-order valence-electron chi connectivity index (χ2n) is 4.60. The van der Waals surface area contributed by atoms with Crippen molar-refractivity contribution in [1.29, 1.82) is 0 Å². The van der Waals surface area contributed by atoms with Gasteiger partial charge in [-0.3, -0.25) is 4.79 Å². The van der Waals surface area contributed by atoms with Gasteiger partial charge >= 0.3 is 0 Å². The smallest absolute Gasteiger partial charge is 0.227 e. The highest BCUT2D eigenvalue weighted by atomic mass is 79.9. The van der Waals surface area contributed by atoms with Gasteiger partial charge in [-0.1, -0.05) is 36.2 Å². The Balaban J connectivity index is 2.79. The number of amides is 1. The highest BCUT2D eigenvalue weighted by Gasteiger charge is 2.12. The summed E-state index contributed by atoms with van der Waals surface area (Å²) in [6.45, 7) is 8.12. The average Bonchev–Trinajstić information content (AvgIpc) is 2.26. The van der Waals surface area contributed by atoms with E-state index in [0.29, 0.717) is 0 Å². The number of aryl methyl sites for hydroxylation is 2. The summed E-state index contributed by atoms with van der Waals surface area (Å²) >= 11 is 3.52. The van der Waals surface area contributed by atoms with Crippen LogP contribution in [-0.4, -0.2) is 5.91 Å². The van der Waals surface area contributed by atoms with Crippen LogP contribution in [0.4, 0.5) is 5.69 Å². The van der Waals surface area contributed by atoms with Crippen molar-refractivity contribution in [1.82, 2.24) is 0 Å². The highest BCUT2D eigenvalue weighted by Crippen LogP contribution is 2.25. The molecule has 0 aliphatic heterocycles. The van der Waals surface area contributed by atoms with Crippen LogP contribution in [0.5, 0.6) is 0 Å². The number of nitrogens with one attached hydrogen (secondary N) is 1. The first-order valence-corrected chi connectivity index (χ1v) is 6.82. The van der Waals surface area contributed by atoms with Crippen molar-refractivity contribution in [3.63, 3.8) is 0 Å². The van der Waals surface area contributed by atoms with Crippen molar-refractivity contribution in [2.24, 2.45) is 5.92 Å². The van der Waals surface area contributed by atoms with Crippen molar-refractivity contribution < 1.29 is 4.79 Å². The predicted molar refractivity (Wildman–Crippen MR) is 76.3 cm³/mol. The van der Waals surface area contributed by atoms with Crippen molar-refractivity contribution >= 4 is 27.5 Å². The molecule has 0 saturated heterocycles. The molecule has 1 N–H and O–H groups in total. The fourth-order valence-corrected chi connectivity index (χ4v) is 2.08. The molecule has 94 valence electrons. The van der Waals surface area contributed by atoms with Crippen LogP contribution in [0.3, 0.4) is 0 Å². The molecule has 0 radical (unpaired) electrons. The Morgan fingerprint density at radius 2 is 1.88 bits per heavy atom. The van der Waals surface area contributed by atoms with Gasteiger partial charge in [0.25, 0.3) is 0 Å². The lowest BCUT2D eigenvalue weighted by atomic mass is 10.0. The minimum atomic E-state index is 0.0734. The van der Waals surface area contributed by atoms with Crippen molar-refractivity contribution in [3.05, 3.63) is 27.7 Å². The summed E-state index contributed by atoms with van der Waals surface area (Å²) in [5.74, 6) is 0.178. The average molecular weight is 298 g/mol. The van der Waals surface area contributed by atoms with Gasteiger partial charge < -0.3 is 5.32 Å². The van der Waals surface area contributed by atoms with Gasteiger partial charge in [-0.15, -0.1) is 0 Å². The fraction of sp³-hybridized carbons (Fsp3) is 0.500. The molecule has 0 saturated carbocycles. The van der Waals surface area contributed by atoms with E-state index in [1.165, 1.54) is 0 Å². The largest absolute Gasteiger partial charge is 0.326 e. The molecule has 1 rings (SSSR count). The summed E-state index contributed by atoms with van der Waals surface area (Å²) in [5, 5.41) is 2.98. The van der Waals surface area contributed by atoms with Gasteiger partial charge in [0.05, 0.1) is 0 Å². The van der Waals surface area contributed by atoms with Crippen molar-refractivity contribution in [3.8, 4) is 0 Å². The van der Waals surface area contributed by atoms with Gasteiger partial charge in [-0.05, 0) is 43.5 Å². The van der Waals surface area contributed by atoms with E-state index in [0.717, 1.165) is 34.1 Å². The number of hydrogen-bond donors (Lipinski definition) is 1. The zero-order valence-electron chi connectivity index (χ0n) is 10.9. The SMILES string of the molecule is CCCC(C)C(=O)Nc1cc(C)c(Br)c(C)c1. The topological polar surface area (TPSA) is 29.1 Å². The van der Waals surface area contributed by atoms with E-state index in [2.05, 4.69) is 28.2 Å². The number of benzene rings is 1. The molecular formula is C14H20BrNO. The first-order chi connectivity index (χ1) is 7.95. The molecule has 1 aromatic rings. The lowest BCUT2D eigenvalue weighted by Gasteiger charge is -2.13. The molecule has 0 spiro atoms. The molecule has 0 bridgehead atoms. The van der Waals surface area contributed by atoms with Crippen LogP contribution >= 0.6 is 15.9 Å². The van der Waals surface area contributed by atoms with Crippen molar-refractivity contribution in [2.75, 3.05) is 5.32 Å². The molecule has 0 heterocycles. The minimum Gasteiger partial charge on any atom is -0.326 e. The maximum absolute atomic E-state index is 11.9. The van der Waals surface area contributed by atoms with Crippen LogP contribution in [0.1, 0.15) is 37.8 Å². The Morgan fingerprint density at radius 1 is 1.35 bits per heavy atom. The third kappa shape index (κ3) is 3.84. The predicted octanol–water partition coefficient (Wildman–Crippen LogP) is 4.44. The molecular weight excluding hydrogens is 278 g/mol. The van der Waals surface area contributed by atoms with Crippen LogP contribution in [0.15, 0.2) is 16.6 Å². The quantitative estimate of drug-likeness (QED) is 0.874. The molecule has 17 heavy (non-hydrogen) atoms. The molecule has 3 heteroatoms. The molecule has 1 unspecified atom stereocenters. The van der Waals surface area contributed by atoms with Crippen LogP contribution < -0.4 is 5.32 Å². The standard InChI is InChI=1S/C14H20BrNO/c1-5-6-9(2)14(17)16-12-7-10(3)13(15)11(4)8-12/h7-9H,5-6H2,1-4H3,(H,16,17). The summed E-state index contributed by atoms with van der Waals surface area (Å²) in [5.41, 5.74) is 3.17. The molecule has 1 atom stereocenters. The van der Waals surface area contributed by atoms with Gasteiger partial charge in [0.1, 0.15) is 0 Å².